The lowest BCUT2D eigenvalue weighted by Gasteiger charge is -2.27. The summed E-state index contributed by atoms with van der Waals surface area (Å²) in [6.45, 7) is 3.13. The largest absolute Gasteiger partial charge is 0.378 e. The van der Waals surface area contributed by atoms with Gasteiger partial charge < -0.3 is 19.9 Å². The molecule has 1 aliphatic rings. The van der Waals surface area contributed by atoms with Gasteiger partial charge in [-0.15, -0.1) is 0 Å². The number of aromatic nitrogens is 6. The fourth-order valence-corrected chi connectivity index (χ4v) is 4.41. The molecule has 1 aromatic carbocycles. The van der Waals surface area contributed by atoms with Gasteiger partial charge in [0.25, 0.3) is 0 Å². The number of H-pyrrole nitrogens is 1. The number of morpholine rings is 1. The van der Waals surface area contributed by atoms with Crippen molar-refractivity contribution >= 4 is 45.3 Å². The first-order valence-corrected chi connectivity index (χ1v) is 11.2. The lowest BCUT2D eigenvalue weighted by molar-refractivity contribution is 0.122. The van der Waals surface area contributed by atoms with Crippen molar-refractivity contribution in [2.75, 3.05) is 36.5 Å². The van der Waals surface area contributed by atoms with Gasteiger partial charge >= 0.3 is 0 Å². The molecule has 4 aromatic heterocycles. The van der Waals surface area contributed by atoms with E-state index in [0.29, 0.717) is 48.4 Å². The van der Waals surface area contributed by atoms with E-state index in [9.17, 15) is 4.39 Å². The van der Waals surface area contributed by atoms with Crippen LogP contribution in [0, 0.1) is 5.82 Å². The van der Waals surface area contributed by atoms with Crippen molar-refractivity contribution < 1.29 is 9.13 Å². The summed E-state index contributed by atoms with van der Waals surface area (Å²) in [6, 6.07) is 6.54. The van der Waals surface area contributed by atoms with E-state index < -0.39 is 0 Å². The van der Waals surface area contributed by atoms with E-state index in [1.54, 1.807) is 23.7 Å². The Morgan fingerprint density at radius 2 is 2.06 bits per heavy atom. The van der Waals surface area contributed by atoms with Crippen molar-refractivity contribution in [2.24, 2.45) is 0 Å². The summed E-state index contributed by atoms with van der Waals surface area (Å²) in [5.41, 5.74) is 3.79. The summed E-state index contributed by atoms with van der Waals surface area (Å²) in [7, 11) is 0. The van der Waals surface area contributed by atoms with Crippen molar-refractivity contribution in [3.63, 3.8) is 0 Å². The maximum absolute atomic E-state index is 13.5. The summed E-state index contributed by atoms with van der Waals surface area (Å²) in [6.07, 6.45) is 1.76. The van der Waals surface area contributed by atoms with Crippen LogP contribution < -0.4 is 10.2 Å². The molecule has 0 radical (unpaired) electrons. The van der Waals surface area contributed by atoms with E-state index in [-0.39, 0.29) is 5.82 Å². The minimum Gasteiger partial charge on any atom is -0.378 e. The Hall–Kier alpha value is -3.57. The second-order valence-corrected chi connectivity index (χ2v) is 8.22. The Labute approximate surface area is 185 Å². The van der Waals surface area contributed by atoms with Crippen molar-refractivity contribution in [1.82, 2.24) is 29.5 Å². The molecule has 0 aliphatic carbocycles. The maximum atomic E-state index is 13.5. The number of anilines is 2. The second kappa shape index (κ2) is 7.84. The normalized spacial score (nSPS) is 14.5. The Kier molecular flexibility index (Phi) is 4.69. The highest BCUT2D eigenvalue weighted by Gasteiger charge is 2.20. The van der Waals surface area contributed by atoms with E-state index >= 15 is 0 Å². The number of halogens is 1. The molecule has 0 atom stereocenters. The van der Waals surface area contributed by atoms with Crippen molar-refractivity contribution in [3.05, 3.63) is 53.0 Å². The Balaban J connectivity index is 1.38. The third-order valence-corrected chi connectivity index (χ3v) is 6.05. The monoisotopic (exact) mass is 450 g/mol. The third-order valence-electron chi connectivity index (χ3n) is 5.38. The van der Waals surface area contributed by atoms with Crippen LogP contribution in [0.25, 0.3) is 27.9 Å². The van der Waals surface area contributed by atoms with Crippen LogP contribution in [0.3, 0.4) is 0 Å². The Bertz CT molecular complexity index is 1390. The number of benzene rings is 1. The number of ether oxygens (including phenoxy) is 1. The van der Waals surface area contributed by atoms with E-state index in [4.69, 9.17) is 14.7 Å². The molecule has 1 aliphatic heterocycles. The predicted molar refractivity (Wildman–Crippen MR) is 121 cm³/mol. The van der Waals surface area contributed by atoms with Crippen LogP contribution in [-0.4, -0.2) is 55.8 Å². The fourth-order valence-electron chi connectivity index (χ4n) is 3.78. The third kappa shape index (κ3) is 3.45. The molecule has 11 heteroatoms. The van der Waals surface area contributed by atoms with Gasteiger partial charge in [-0.1, -0.05) is 0 Å². The van der Waals surface area contributed by atoms with Gasteiger partial charge in [0.15, 0.2) is 17.0 Å². The number of hydrogen-bond donors (Lipinski definition) is 2. The van der Waals surface area contributed by atoms with Gasteiger partial charge in [-0.3, -0.25) is 4.57 Å². The number of hydrogen-bond acceptors (Lipinski definition) is 8. The van der Waals surface area contributed by atoms with Gasteiger partial charge in [0, 0.05) is 24.5 Å². The summed E-state index contributed by atoms with van der Waals surface area (Å²) >= 11 is 1.62. The standard InChI is InChI=1S/C21H19FN8OS/c22-13-1-2-15-16(9-13)26-17(25-15)10-23-19-18-20(30(12-24-18)14-3-8-32-11-14)28-21(27-19)29-4-6-31-7-5-29/h1-3,8-9,11-12H,4-7,10H2,(H,25,26)(H,23,27,28). The van der Waals surface area contributed by atoms with E-state index in [1.807, 2.05) is 16.0 Å². The van der Waals surface area contributed by atoms with Gasteiger partial charge in [0.2, 0.25) is 5.95 Å². The minimum atomic E-state index is -0.310. The first kappa shape index (κ1) is 19.1. The van der Waals surface area contributed by atoms with E-state index in [1.165, 1.54) is 12.1 Å². The molecule has 0 unspecified atom stereocenters. The number of imidazole rings is 2. The molecular weight excluding hydrogens is 431 g/mol. The molecule has 0 spiro atoms. The van der Waals surface area contributed by atoms with Crippen LogP contribution >= 0.6 is 11.3 Å². The quantitative estimate of drug-likeness (QED) is 0.424. The summed E-state index contributed by atoms with van der Waals surface area (Å²) < 4.78 is 20.9. The van der Waals surface area contributed by atoms with Gasteiger partial charge in [0.05, 0.1) is 36.5 Å². The predicted octanol–water partition coefficient (Wildman–Crippen LogP) is 3.34. The van der Waals surface area contributed by atoms with Gasteiger partial charge in [-0.05, 0) is 23.6 Å². The molecular formula is C21H19FN8OS. The highest BCUT2D eigenvalue weighted by molar-refractivity contribution is 7.08. The Morgan fingerprint density at radius 1 is 1.16 bits per heavy atom. The second-order valence-electron chi connectivity index (χ2n) is 7.44. The summed E-state index contributed by atoms with van der Waals surface area (Å²) in [5, 5.41) is 7.42. The van der Waals surface area contributed by atoms with Crippen molar-refractivity contribution in [3.8, 4) is 5.69 Å². The molecule has 0 saturated carbocycles. The van der Waals surface area contributed by atoms with Crippen LogP contribution in [0.15, 0.2) is 41.4 Å². The number of aromatic amines is 1. The van der Waals surface area contributed by atoms with Gasteiger partial charge in [-0.25, -0.2) is 14.4 Å². The molecule has 1 fully saturated rings. The molecule has 6 rings (SSSR count). The van der Waals surface area contributed by atoms with E-state index in [2.05, 4.69) is 30.5 Å². The van der Waals surface area contributed by atoms with Gasteiger partial charge in [0.1, 0.15) is 18.0 Å². The van der Waals surface area contributed by atoms with Crippen LogP contribution in [0.5, 0.6) is 0 Å². The van der Waals surface area contributed by atoms with Crippen LogP contribution in [0.2, 0.25) is 0 Å². The molecule has 1 saturated heterocycles. The molecule has 0 bridgehead atoms. The highest BCUT2D eigenvalue weighted by Crippen LogP contribution is 2.26. The Morgan fingerprint density at radius 3 is 2.91 bits per heavy atom. The summed E-state index contributed by atoms with van der Waals surface area (Å²) in [4.78, 5) is 24.0. The van der Waals surface area contributed by atoms with Gasteiger partial charge in [-0.2, -0.15) is 21.3 Å². The zero-order valence-electron chi connectivity index (χ0n) is 17.0. The number of fused-ring (bicyclic) bond motifs is 2. The molecule has 5 aromatic rings. The number of nitrogens with zero attached hydrogens (tertiary/aromatic N) is 6. The molecule has 9 nitrogen and oxygen atoms in total. The highest BCUT2D eigenvalue weighted by atomic mass is 32.1. The number of thiophene rings is 1. The lowest BCUT2D eigenvalue weighted by Crippen LogP contribution is -2.37. The smallest absolute Gasteiger partial charge is 0.229 e. The SMILES string of the molecule is Fc1ccc2[nH]c(CNc3nc(N4CCOCC4)nc4c3ncn4-c3ccsc3)nc2c1. The van der Waals surface area contributed by atoms with Crippen LogP contribution in [0.4, 0.5) is 16.2 Å². The van der Waals surface area contributed by atoms with Crippen molar-refractivity contribution in [2.45, 2.75) is 6.54 Å². The van der Waals surface area contributed by atoms with Crippen molar-refractivity contribution in [1.29, 1.82) is 0 Å². The first-order valence-electron chi connectivity index (χ1n) is 10.2. The average molecular weight is 451 g/mol. The molecule has 0 amide bonds. The number of rotatable bonds is 5. The fraction of sp³-hybridized carbons (Fsp3) is 0.238. The summed E-state index contributed by atoms with van der Waals surface area (Å²) in [5.74, 6) is 1.63. The first-order chi connectivity index (χ1) is 15.7. The lowest BCUT2D eigenvalue weighted by atomic mass is 10.3. The van der Waals surface area contributed by atoms with E-state index in [0.717, 1.165) is 29.9 Å². The van der Waals surface area contributed by atoms with Crippen LogP contribution in [0.1, 0.15) is 5.82 Å². The molecule has 32 heavy (non-hydrogen) atoms. The molecule has 2 N–H and O–H groups in total. The number of nitrogens with one attached hydrogen (secondary N) is 2. The van der Waals surface area contributed by atoms with Crippen LogP contribution in [-0.2, 0) is 11.3 Å². The zero-order chi connectivity index (χ0) is 21.5. The minimum absolute atomic E-state index is 0.310. The maximum Gasteiger partial charge on any atom is 0.229 e. The topological polar surface area (TPSA) is 96.8 Å². The molecule has 162 valence electrons. The average Bonchev–Trinajstić information content (AvgIpc) is 3.56. The molecule has 5 heterocycles. The zero-order valence-corrected chi connectivity index (χ0v) is 17.8.